The standard InChI is InChI=1S/C8H18O2Si/c1-2-8(11)9-5-3-4-7-6-10-7/h7-8H,2-6H2,1,11H3. The van der Waals surface area contributed by atoms with E-state index < -0.39 is 0 Å². The Kier molecular flexibility index (Phi) is 4.11. The van der Waals surface area contributed by atoms with Crippen molar-refractivity contribution in [3.8, 4) is 0 Å². The van der Waals surface area contributed by atoms with E-state index in [-0.39, 0.29) is 0 Å². The third-order valence-corrected chi connectivity index (χ3v) is 3.20. The SMILES string of the molecule is CCC([SiH3])OCCCC1CO1. The molecule has 0 aromatic heterocycles. The highest BCUT2D eigenvalue weighted by molar-refractivity contribution is 6.10. The molecule has 0 amide bonds. The van der Waals surface area contributed by atoms with Crippen LogP contribution in [0.25, 0.3) is 0 Å². The van der Waals surface area contributed by atoms with Crippen molar-refractivity contribution >= 4 is 10.2 Å². The third-order valence-electron chi connectivity index (χ3n) is 2.05. The Labute approximate surface area is 71.7 Å². The molecule has 0 bridgehead atoms. The van der Waals surface area contributed by atoms with Crippen molar-refractivity contribution in [3.63, 3.8) is 0 Å². The van der Waals surface area contributed by atoms with Crippen LogP contribution in [0.3, 0.4) is 0 Å². The summed E-state index contributed by atoms with van der Waals surface area (Å²) in [6.45, 7) is 4.10. The minimum atomic E-state index is 0.565. The van der Waals surface area contributed by atoms with E-state index in [1.54, 1.807) is 0 Å². The van der Waals surface area contributed by atoms with Crippen molar-refractivity contribution in [1.82, 2.24) is 0 Å². The van der Waals surface area contributed by atoms with Crippen molar-refractivity contribution in [2.75, 3.05) is 13.2 Å². The fourth-order valence-corrected chi connectivity index (χ4v) is 1.18. The zero-order valence-electron chi connectivity index (χ0n) is 7.51. The molecule has 11 heavy (non-hydrogen) atoms. The van der Waals surface area contributed by atoms with Gasteiger partial charge in [0, 0.05) is 22.6 Å². The summed E-state index contributed by atoms with van der Waals surface area (Å²) in [5.41, 5.74) is 0.565. The molecule has 0 spiro atoms. The molecule has 0 aromatic rings. The summed E-state index contributed by atoms with van der Waals surface area (Å²) in [4.78, 5) is 0. The van der Waals surface area contributed by atoms with Gasteiger partial charge in [-0.1, -0.05) is 6.92 Å². The van der Waals surface area contributed by atoms with Gasteiger partial charge in [0.25, 0.3) is 0 Å². The van der Waals surface area contributed by atoms with E-state index in [0.29, 0.717) is 11.8 Å². The summed E-state index contributed by atoms with van der Waals surface area (Å²) in [6.07, 6.45) is 4.11. The molecular weight excluding hydrogens is 156 g/mol. The Hall–Kier alpha value is 0.137. The molecule has 1 saturated heterocycles. The molecule has 0 saturated carbocycles. The molecule has 3 heteroatoms. The maximum absolute atomic E-state index is 5.58. The Morgan fingerprint density at radius 3 is 3.00 bits per heavy atom. The Bertz CT molecular complexity index is 104. The summed E-state index contributed by atoms with van der Waals surface area (Å²) < 4.78 is 10.7. The van der Waals surface area contributed by atoms with Gasteiger partial charge in [0.15, 0.2) is 0 Å². The highest BCUT2D eigenvalue weighted by atomic mass is 28.1. The highest BCUT2D eigenvalue weighted by Gasteiger charge is 2.21. The number of hydrogen-bond donors (Lipinski definition) is 0. The van der Waals surface area contributed by atoms with Crippen molar-refractivity contribution in [1.29, 1.82) is 0 Å². The van der Waals surface area contributed by atoms with Gasteiger partial charge in [-0.2, -0.15) is 0 Å². The first-order valence-electron chi connectivity index (χ1n) is 4.56. The summed E-state index contributed by atoms with van der Waals surface area (Å²) in [5, 5.41) is 0. The van der Waals surface area contributed by atoms with E-state index in [9.17, 15) is 0 Å². The minimum Gasteiger partial charge on any atom is -0.383 e. The smallest absolute Gasteiger partial charge is 0.0810 e. The molecule has 0 N–H and O–H groups in total. The molecule has 0 radical (unpaired) electrons. The van der Waals surface area contributed by atoms with Gasteiger partial charge in [0.05, 0.1) is 12.7 Å². The first-order chi connectivity index (χ1) is 5.33. The number of rotatable bonds is 6. The topological polar surface area (TPSA) is 21.8 Å². The number of epoxide rings is 1. The van der Waals surface area contributed by atoms with Crippen LogP contribution in [0.4, 0.5) is 0 Å². The fraction of sp³-hybridized carbons (Fsp3) is 1.00. The summed E-state index contributed by atoms with van der Waals surface area (Å²) in [5.74, 6) is 0. The van der Waals surface area contributed by atoms with Gasteiger partial charge in [-0.25, -0.2) is 0 Å². The quantitative estimate of drug-likeness (QED) is 0.328. The lowest BCUT2D eigenvalue weighted by molar-refractivity contribution is 0.0998. The second-order valence-corrected chi connectivity index (χ2v) is 4.48. The molecule has 1 rings (SSSR count). The normalized spacial score (nSPS) is 25.4. The van der Waals surface area contributed by atoms with Crippen LogP contribution in [-0.2, 0) is 9.47 Å². The largest absolute Gasteiger partial charge is 0.383 e. The zero-order valence-corrected chi connectivity index (χ0v) is 9.51. The van der Waals surface area contributed by atoms with Gasteiger partial charge in [0.2, 0.25) is 0 Å². The Morgan fingerprint density at radius 2 is 2.45 bits per heavy atom. The summed E-state index contributed by atoms with van der Waals surface area (Å²) in [7, 11) is 1.16. The van der Waals surface area contributed by atoms with Gasteiger partial charge >= 0.3 is 0 Å². The van der Waals surface area contributed by atoms with Gasteiger partial charge in [0.1, 0.15) is 0 Å². The van der Waals surface area contributed by atoms with Crippen LogP contribution in [0.15, 0.2) is 0 Å². The van der Waals surface area contributed by atoms with Gasteiger partial charge in [-0.05, 0) is 19.3 Å². The molecule has 1 fully saturated rings. The predicted octanol–water partition coefficient (Wildman–Crippen LogP) is 0.284. The lowest BCUT2D eigenvalue weighted by Crippen LogP contribution is -2.12. The van der Waals surface area contributed by atoms with Crippen LogP contribution in [-0.4, -0.2) is 35.3 Å². The first-order valence-corrected chi connectivity index (χ1v) is 5.71. The molecule has 1 heterocycles. The lowest BCUT2D eigenvalue weighted by Gasteiger charge is -2.09. The maximum atomic E-state index is 5.58. The lowest BCUT2D eigenvalue weighted by atomic mass is 10.3. The maximum Gasteiger partial charge on any atom is 0.0810 e. The van der Waals surface area contributed by atoms with E-state index in [2.05, 4.69) is 6.92 Å². The Morgan fingerprint density at radius 1 is 1.73 bits per heavy atom. The van der Waals surface area contributed by atoms with Crippen molar-refractivity contribution in [3.05, 3.63) is 0 Å². The fourth-order valence-electron chi connectivity index (χ4n) is 0.948. The van der Waals surface area contributed by atoms with Crippen molar-refractivity contribution in [2.24, 2.45) is 0 Å². The van der Waals surface area contributed by atoms with Crippen molar-refractivity contribution < 1.29 is 9.47 Å². The second kappa shape index (κ2) is 4.90. The van der Waals surface area contributed by atoms with Crippen LogP contribution in [0.1, 0.15) is 26.2 Å². The highest BCUT2D eigenvalue weighted by Crippen LogP contribution is 2.15. The second-order valence-electron chi connectivity index (χ2n) is 3.19. The average Bonchev–Trinajstić information content (AvgIpc) is 2.81. The molecule has 66 valence electrons. The van der Waals surface area contributed by atoms with Crippen LogP contribution < -0.4 is 0 Å². The predicted molar refractivity (Wildman–Crippen MR) is 48.9 cm³/mol. The molecule has 0 aromatic carbocycles. The van der Waals surface area contributed by atoms with Gasteiger partial charge in [-0.15, -0.1) is 0 Å². The zero-order chi connectivity index (χ0) is 8.10. The molecule has 2 unspecified atom stereocenters. The molecule has 2 atom stereocenters. The number of hydrogen-bond acceptors (Lipinski definition) is 2. The molecule has 1 aliphatic heterocycles. The monoisotopic (exact) mass is 174 g/mol. The molecule has 2 nitrogen and oxygen atoms in total. The van der Waals surface area contributed by atoms with Crippen LogP contribution in [0, 0.1) is 0 Å². The van der Waals surface area contributed by atoms with E-state index in [1.165, 1.54) is 19.3 Å². The van der Waals surface area contributed by atoms with Crippen molar-refractivity contribution in [2.45, 2.75) is 38.0 Å². The van der Waals surface area contributed by atoms with E-state index in [0.717, 1.165) is 23.5 Å². The summed E-state index contributed by atoms with van der Waals surface area (Å²) in [6, 6.07) is 0. The number of ether oxygens (including phenoxy) is 2. The Balaban J connectivity index is 1.79. The van der Waals surface area contributed by atoms with Gasteiger partial charge in [-0.3, -0.25) is 0 Å². The van der Waals surface area contributed by atoms with Crippen LogP contribution >= 0.6 is 0 Å². The summed E-state index contributed by atoms with van der Waals surface area (Å²) >= 11 is 0. The molecule has 0 aliphatic carbocycles. The average molecular weight is 174 g/mol. The van der Waals surface area contributed by atoms with Crippen LogP contribution in [0.2, 0.25) is 0 Å². The van der Waals surface area contributed by atoms with E-state index in [4.69, 9.17) is 9.47 Å². The van der Waals surface area contributed by atoms with Gasteiger partial charge < -0.3 is 9.47 Å². The third kappa shape index (κ3) is 4.56. The van der Waals surface area contributed by atoms with E-state index in [1.807, 2.05) is 0 Å². The van der Waals surface area contributed by atoms with Crippen LogP contribution in [0.5, 0.6) is 0 Å². The minimum absolute atomic E-state index is 0.565. The first kappa shape index (κ1) is 9.23. The molecular formula is C8H18O2Si. The molecule has 1 aliphatic rings. The van der Waals surface area contributed by atoms with E-state index >= 15 is 0 Å².